The monoisotopic (exact) mass is 278 g/mol. The molecule has 1 aromatic carbocycles. The van der Waals surface area contributed by atoms with Crippen LogP contribution in [0.25, 0.3) is 11.3 Å². The Morgan fingerprint density at radius 2 is 2.12 bits per heavy atom. The summed E-state index contributed by atoms with van der Waals surface area (Å²) in [6.45, 7) is 1.94. The Balaban J connectivity index is 1.95. The van der Waals surface area contributed by atoms with Crippen molar-refractivity contribution in [2.45, 2.75) is 5.92 Å². The molecule has 1 aliphatic heterocycles. The highest BCUT2D eigenvalue weighted by molar-refractivity contribution is 9.10. The Bertz CT molecular complexity index is 505. The van der Waals surface area contributed by atoms with Gasteiger partial charge in [0.15, 0.2) is 5.76 Å². The van der Waals surface area contributed by atoms with Crippen molar-refractivity contribution in [3.63, 3.8) is 0 Å². The number of benzene rings is 1. The lowest BCUT2D eigenvalue weighted by Gasteiger charge is -2.23. The van der Waals surface area contributed by atoms with Crippen molar-refractivity contribution in [1.82, 2.24) is 10.3 Å². The van der Waals surface area contributed by atoms with Crippen LogP contribution >= 0.6 is 15.9 Å². The Labute approximate surface area is 102 Å². The molecule has 0 unspecified atom stereocenters. The van der Waals surface area contributed by atoms with E-state index in [0.717, 1.165) is 34.8 Å². The van der Waals surface area contributed by atoms with E-state index < -0.39 is 0 Å². The molecule has 0 bridgehead atoms. The summed E-state index contributed by atoms with van der Waals surface area (Å²) in [6.07, 6.45) is 1.80. The van der Waals surface area contributed by atoms with Gasteiger partial charge in [0, 0.05) is 23.1 Å². The third kappa shape index (κ3) is 1.68. The average molecular weight is 279 g/mol. The minimum Gasteiger partial charge on any atom is -0.440 e. The quantitative estimate of drug-likeness (QED) is 0.918. The molecule has 2 heterocycles. The lowest BCUT2D eigenvalue weighted by molar-refractivity contribution is 0.361. The number of nitrogens with zero attached hydrogens (tertiary/aromatic N) is 1. The fourth-order valence-corrected chi connectivity index (χ4v) is 2.21. The van der Waals surface area contributed by atoms with Gasteiger partial charge in [-0.2, -0.15) is 0 Å². The van der Waals surface area contributed by atoms with E-state index in [9.17, 15) is 0 Å². The molecule has 0 aliphatic carbocycles. The van der Waals surface area contributed by atoms with E-state index in [1.165, 1.54) is 0 Å². The molecule has 2 aromatic rings. The van der Waals surface area contributed by atoms with Crippen molar-refractivity contribution >= 4 is 15.9 Å². The van der Waals surface area contributed by atoms with E-state index >= 15 is 0 Å². The van der Waals surface area contributed by atoms with Crippen LogP contribution in [-0.4, -0.2) is 18.1 Å². The van der Waals surface area contributed by atoms with Gasteiger partial charge in [-0.05, 0) is 6.07 Å². The molecule has 0 radical (unpaired) electrons. The summed E-state index contributed by atoms with van der Waals surface area (Å²) < 4.78 is 6.81. The average Bonchev–Trinajstić information content (AvgIpc) is 2.65. The maximum Gasteiger partial charge on any atom is 0.200 e. The largest absolute Gasteiger partial charge is 0.440 e. The molecule has 1 aliphatic rings. The summed E-state index contributed by atoms with van der Waals surface area (Å²) in [5.74, 6) is 2.11. The molecule has 1 aromatic heterocycles. The molecule has 82 valence electrons. The second kappa shape index (κ2) is 4.03. The van der Waals surface area contributed by atoms with Crippen molar-refractivity contribution in [2.24, 2.45) is 0 Å². The molecule has 0 amide bonds. The molecule has 4 heteroatoms. The standard InChI is InChI=1S/C12H11BrN2O/c13-10-4-2-1-3-9(10)11-7-15-12(16-11)8-5-14-6-8/h1-4,7-8,14H,5-6H2. The second-order valence-corrected chi connectivity index (χ2v) is 4.75. The van der Waals surface area contributed by atoms with Crippen LogP contribution in [0.5, 0.6) is 0 Å². The number of halogens is 1. The smallest absolute Gasteiger partial charge is 0.200 e. The summed E-state index contributed by atoms with van der Waals surface area (Å²) in [4.78, 5) is 4.33. The minimum atomic E-state index is 0.441. The van der Waals surface area contributed by atoms with Crippen molar-refractivity contribution < 1.29 is 4.42 Å². The van der Waals surface area contributed by atoms with Gasteiger partial charge in [-0.25, -0.2) is 4.98 Å². The van der Waals surface area contributed by atoms with Crippen LogP contribution in [0.15, 0.2) is 39.4 Å². The van der Waals surface area contributed by atoms with Crippen LogP contribution < -0.4 is 5.32 Å². The van der Waals surface area contributed by atoms with E-state index in [-0.39, 0.29) is 0 Å². The van der Waals surface area contributed by atoms with Crippen molar-refractivity contribution in [2.75, 3.05) is 13.1 Å². The van der Waals surface area contributed by atoms with Gasteiger partial charge < -0.3 is 9.73 Å². The van der Waals surface area contributed by atoms with Gasteiger partial charge in [-0.1, -0.05) is 34.1 Å². The summed E-state index contributed by atoms with van der Waals surface area (Å²) in [6, 6.07) is 8.00. The molecule has 0 spiro atoms. The molecule has 1 N–H and O–H groups in total. The first-order chi connectivity index (χ1) is 7.84. The molecule has 0 saturated carbocycles. The topological polar surface area (TPSA) is 38.1 Å². The summed E-state index contributed by atoms with van der Waals surface area (Å²) in [7, 11) is 0. The summed E-state index contributed by atoms with van der Waals surface area (Å²) >= 11 is 3.51. The molecule has 3 nitrogen and oxygen atoms in total. The Morgan fingerprint density at radius 3 is 2.81 bits per heavy atom. The highest BCUT2D eigenvalue weighted by Crippen LogP contribution is 2.30. The van der Waals surface area contributed by atoms with Gasteiger partial charge in [0.05, 0.1) is 12.1 Å². The highest BCUT2D eigenvalue weighted by atomic mass is 79.9. The third-order valence-corrected chi connectivity index (χ3v) is 3.49. The van der Waals surface area contributed by atoms with Crippen molar-refractivity contribution in [3.8, 4) is 11.3 Å². The number of hydrogen-bond donors (Lipinski definition) is 1. The zero-order valence-electron chi connectivity index (χ0n) is 8.61. The fourth-order valence-electron chi connectivity index (χ4n) is 1.73. The lowest BCUT2D eigenvalue weighted by atomic mass is 10.0. The minimum absolute atomic E-state index is 0.441. The van der Waals surface area contributed by atoms with Crippen LogP contribution in [-0.2, 0) is 0 Å². The fraction of sp³-hybridized carbons (Fsp3) is 0.250. The van der Waals surface area contributed by atoms with Gasteiger partial charge in [0.25, 0.3) is 0 Å². The first kappa shape index (κ1) is 10.1. The van der Waals surface area contributed by atoms with E-state index in [1.54, 1.807) is 6.20 Å². The second-order valence-electron chi connectivity index (χ2n) is 3.90. The van der Waals surface area contributed by atoms with E-state index in [4.69, 9.17) is 4.42 Å². The Kier molecular flexibility index (Phi) is 2.53. The first-order valence-corrected chi connectivity index (χ1v) is 6.05. The zero-order chi connectivity index (χ0) is 11.0. The molecule has 1 saturated heterocycles. The van der Waals surface area contributed by atoms with Crippen LogP contribution in [0, 0.1) is 0 Å². The lowest BCUT2D eigenvalue weighted by Crippen LogP contribution is -2.40. The van der Waals surface area contributed by atoms with Crippen LogP contribution in [0.1, 0.15) is 11.8 Å². The van der Waals surface area contributed by atoms with E-state index in [2.05, 4.69) is 26.2 Å². The number of rotatable bonds is 2. The summed E-state index contributed by atoms with van der Waals surface area (Å²) in [5, 5.41) is 3.21. The van der Waals surface area contributed by atoms with Gasteiger partial charge in [-0.15, -0.1) is 0 Å². The molecule has 3 rings (SSSR count). The highest BCUT2D eigenvalue weighted by Gasteiger charge is 2.24. The third-order valence-electron chi connectivity index (χ3n) is 2.79. The van der Waals surface area contributed by atoms with Crippen LogP contribution in [0.3, 0.4) is 0 Å². The van der Waals surface area contributed by atoms with Crippen molar-refractivity contribution in [1.29, 1.82) is 0 Å². The predicted octanol–water partition coefficient (Wildman–Crippen LogP) is 2.79. The number of nitrogens with one attached hydrogen (secondary N) is 1. The van der Waals surface area contributed by atoms with E-state index in [1.807, 2.05) is 24.3 Å². The molecule has 1 fully saturated rings. The SMILES string of the molecule is Brc1ccccc1-c1cnc(C2CNC2)o1. The Hall–Kier alpha value is -1.13. The van der Waals surface area contributed by atoms with Gasteiger partial charge in [0.2, 0.25) is 5.89 Å². The van der Waals surface area contributed by atoms with Crippen molar-refractivity contribution in [3.05, 3.63) is 40.8 Å². The predicted molar refractivity (Wildman–Crippen MR) is 65.2 cm³/mol. The zero-order valence-corrected chi connectivity index (χ0v) is 10.2. The van der Waals surface area contributed by atoms with Crippen LogP contribution in [0.2, 0.25) is 0 Å². The number of oxazole rings is 1. The summed E-state index contributed by atoms with van der Waals surface area (Å²) in [5.41, 5.74) is 1.05. The van der Waals surface area contributed by atoms with Gasteiger partial charge in [0.1, 0.15) is 0 Å². The first-order valence-electron chi connectivity index (χ1n) is 5.26. The maximum atomic E-state index is 5.77. The molecular formula is C12H11BrN2O. The maximum absolute atomic E-state index is 5.77. The van der Waals surface area contributed by atoms with Gasteiger partial charge in [-0.3, -0.25) is 0 Å². The molecule has 16 heavy (non-hydrogen) atoms. The molecule has 0 atom stereocenters. The number of aromatic nitrogens is 1. The van der Waals surface area contributed by atoms with E-state index in [0.29, 0.717) is 5.92 Å². The van der Waals surface area contributed by atoms with Crippen LogP contribution in [0.4, 0.5) is 0 Å². The molecular weight excluding hydrogens is 268 g/mol. The normalized spacial score (nSPS) is 16.1. The number of hydrogen-bond acceptors (Lipinski definition) is 3. The van der Waals surface area contributed by atoms with Gasteiger partial charge >= 0.3 is 0 Å². The Morgan fingerprint density at radius 1 is 1.31 bits per heavy atom.